The predicted octanol–water partition coefficient (Wildman–Crippen LogP) is 2.95. The summed E-state index contributed by atoms with van der Waals surface area (Å²) in [5.41, 5.74) is 4.55. The van der Waals surface area contributed by atoms with Gasteiger partial charge in [-0.05, 0) is 37.1 Å². The number of nitrogens with one attached hydrogen (secondary N) is 1. The lowest BCUT2D eigenvalue weighted by molar-refractivity contribution is 0.564. The highest BCUT2D eigenvalue weighted by molar-refractivity contribution is 5.48. The van der Waals surface area contributed by atoms with Crippen molar-refractivity contribution in [2.24, 2.45) is 0 Å². The molecule has 0 bridgehead atoms. The first-order valence-electron chi connectivity index (χ1n) is 7.84. The minimum atomic E-state index is 0.231. The average molecular weight is 309 g/mol. The van der Waals surface area contributed by atoms with Crippen LogP contribution in [0.5, 0.6) is 0 Å². The zero-order valence-electron chi connectivity index (χ0n) is 14.1. The number of hydrogen-bond acceptors (Lipinski definition) is 4. The van der Waals surface area contributed by atoms with E-state index in [9.17, 15) is 0 Å². The van der Waals surface area contributed by atoms with E-state index in [0.717, 1.165) is 23.7 Å². The molecule has 3 aromatic heterocycles. The van der Waals surface area contributed by atoms with Gasteiger partial charge in [-0.1, -0.05) is 12.1 Å². The number of rotatable bonds is 5. The Morgan fingerprint density at radius 2 is 2.00 bits per heavy atom. The fraction of sp³-hybridized carbons (Fsp3) is 0.333. The summed E-state index contributed by atoms with van der Waals surface area (Å²) >= 11 is 0. The van der Waals surface area contributed by atoms with Crippen LogP contribution >= 0.6 is 0 Å². The van der Waals surface area contributed by atoms with Gasteiger partial charge in [-0.15, -0.1) is 0 Å². The number of imidazole rings is 1. The molecule has 3 aromatic rings. The molecule has 23 heavy (non-hydrogen) atoms. The lowest BCUT2D eigenvalue weighted by Crippen LogP contribution is -2.19. The normalized spacial score (nSPS) is 12.5. The molecule has 0 saturated heterocycles. The molecule has 0 saturated carbocycles. The van der Waals surface area contributed by atoms with Crippen molar-refractivity contribution < 1.29 is 0 Å². The Balaban J connectivity index is 1.70. The maximum Gasteiger partial charge on any atom is 0.139 e. The zero-order chi connectivity index (χ0) is 16.4. The van der Waals surface area contributed by atoms with Crippen LogP contribution in [0.15, 0.2) is 42.9 Å². The minimum absolute atomic E-state index is 0.231. The van der Waals surface area contributed by atoms with Crippen LogP contribution in [-0.4, -0.2) is 28.5 Å². The van der Waals surface area contributed by atoms with Crippen molar-refractivity contribution in [2.45, 2.75) is 26.4 Å². The monoisotopic (exact) mass is 309 g/mol. The third-order valence-electron chi connectivity index (χ3n) is 4.13. The van der Waals surface area contributed by atoms with Gasteiger partial charge >= 0.3 is 0 Å². The highest BCUT2D eigenvalue weighted by Crippen LogP contribution is 2.16. The van der Waals surface area contributed by atoms with E-state index in [-0.39, 0.29) is 6.04 Å². The van der Waals surface area contributed by atoms with Crippen LogP contribution in [0.1, 0.15) is 29.8 Å². The number of anilines is 1. The Kier molecular flexibility index (Phi) is 4.30. The smallest absolute Gasteiger partial charge is 0.139 e. The van der Waals surface area contributed by atoms with E-state index in [1.54, 1.807) is 0 Å². The molecule has 0 fully saturated rings. The Morgan fingerprint density at radius 3 is 2.70 bits per heavy atom. The van der Waals surface area contributed by atoms with Gasteiger partial charge in [0.05, 0.1) is 11.9 Å². The van der Waals surface area contributed by atoms with Crippen molar-refractivity contribution in [3.8, 4) is 0 Å². The fourth-order valence-electron chi connectivity index (χ4n) is 2.63. The van der Waals surface area contributed by atoms with Gasteiger partial charge in [0, 0.05) is 39.1 Å². The molecule has 1 unspecified atom stereocenters. The predicted molar refractivity (Wildman–Crippen MR) is 93.7 cm³/mol. The van der Waals surface area contributed by atoms with Crippen LogP contribution in [0.2, 0.25) is 0 Å². The second-order valence-electron chi connectivity index (χ2n) is 6.08. The Bertz CT molecular complexity index is 789. The molecule has 0 aliphatic rings. The molecule has 1 N–H and O–H groups in total. The second kappa shape index (κ2) is 6.38. The van der Waals surface area contributed by atoms with E-state index in [4.69, 9.17) is 0 Å². The summed E-state index contributed by atoms with van der Waals surface area (Å²) in [6.45, 7) is 5.00. The molecule has 5 heteroatoms. The molecular weight excluding hydrogens is 286 g/mol. The molecule has 0 aliphatic heterocycles. The summed E-state index contributed by atoms with van der Waals surface area (Å²) in [7, 11) is 3.99. The Morgan fingerprint density at radius 1 is 1.17 bits per heavy atom. The molecule has 1 atom stereocenters. The van der Waals surface area contributed by atoms with Crippen molar-refractivity contribution >= 4 is 11.5 Å². The van der Waals surface area contributed by atoms with Crippen LogP contribution in [0.3, 0.4) is 0 Å². The first kappa shape index (κ1) is 15.5. The summed E-state index contributed by atoms with van der Waals surface area (Å²) in [6, 6.07) is 8.54. The van der Waals surface area contributed by atoms with E-state index in [1.807, 2.05) is 37.5 Å². The van der Waals surface area contributed by atoms with Crippen LogP contribution in [-0.2, 0) is 6.54 Å². The highest BCUT2D eigenvalue weighted by Gasteiger charge is 2.09. The molecule has 0 amide bonds. The third kappa shape index (κ3) is 3.19. The van der Waals surface area contributed by atoms with Crippen molar-refractivity contribution in [2.75, 3.05) is 19.0 Å². The highest BCUT2D eigenvalue weighted by atomic mass is 15.1. The topological polar surface area (TPSA) is 45.5 Å². The minimum Gasteiger partial charge on any atom is -0.363 e. The standard InChI is InChI=1S/C18H23N5/c1-13-6-5-9-23-16(12-21-18(13)23)11-19-14(2)15-7-8-17(20-10-15)22(3)4/h5-10,12,14,19H,11H2,1-4H3. The zero-order valence-corrected chi connectivity index (χ0v) is 14.1. The summed E-state index contributed by atoms with van der Waals surface area (Å²) < 4.78 is 2.14. The quantitative estimate of drug-likeness (QED) is 0.787. The van der Waals surface area contributed by atoms with Crippen LogP contribution in [0.4, 0.5) is 5.82 Å². The van der Waals surface area contributed by atoms with Gasteiger partial charge in [0.15, 0.2) is 0 Å². The Hall–Kier alpha value is -2.40. The van der Waals surface area contributed by atoms with E-state index in [2.05, 4.69) is 57.9 Å². The van der Waals surface area contributed by atoms with Crippen molar-refractivity contribution in [3.63, 3.8) is 0 Å². The van der Waals surface area contributed by atoms with E-state index in [1.165, 1.54) is 11.1 Å². The van der Waals surface area contributed by atoms with Crippen molar-refractivity contribution in [3.05, 3.63) is 59.7 Å². The lowest BCUT2D eigenvalue weighted by Gasteiger charge is -2.16. The summed E-state index contributed by atoms with van der Waals surface area (Å²) in [4.78, 5) is 11.0. The number of hydrogen-bond donors (Lipinski definition) is 1. The maximum atomic E-state index is 4.50. The largest absolute Gasteiger partial charge is 0.363 e. The number of aryl methyl sites for hydroxylation is 1. The number of pyridine rings is 2. The first-order chi connectivity index (χ1) is 11.1. The third-order valence-corrected chi connectivity index (χ3v) is 4.13. The van der Waals surface area contributed by atoms with Crippen LogP contribution < -0.4 is 10.2 Å². The SMILES string of the molecule is Cc1cccn2c(CNC(C)c3ccc(N(C)C)nc3)cnc12. The molecule has 3 rings (SSSR count). The maximum absolute atomic E-state index is 4.50. The van der Waals surface area contributed by atoms with E-state index >= 15 is 0 Å². The summed E-state index contributed by atoms with van der Waals surface area (Å²) in [5.74, 6) is 0.971. The van der Waals surface area contributed by atoms with Crippen molar-refractivity contribution in [1.82, 2.24) is 19.7 Å². The molecule has 0 aromatic carbocycles. The molecular formula is C18H23N5. The van der Waals surface area contributed by atoms with Gasteiger partial charge < -0.3 is 14.6 Å². The fourth-order valence-corrected chi connectivity index (χ4v) is 2.63. The number of aromatic nitrogens is 3. The van der Waals surface area contributed by atoms with Gasteiger partial charge in [0.1, 0.15) is 11.5 Å². The van der Waals surface area contributed by atoms with Gasteiger partial charge in [0.25, 0.3) is 0 Å². The van der Waals surface area contributed by atoms with Gasteiger partial charge in [-0.2, -0.15) is 0 Å². The average Bonchev–Trinajstić information content (AvgIpc) is 2.97. The van der Waals surface area contributed by atoms with E-state index in [0.29, 0.717) is 0 Å². The summed E-state index contributed by atoms with van der Waals surface area (Å²) in [5, 5.41) is 3.55. The van der Waals surface area contributed by atoms with Gasteiger partial charge in [0.2, 0.25) is 0 Å². The molecule has 5 nitrogen and oxygen atoms in total. The van der Waals surface area contributed by atoms with Crippen LogP contribution in [0, 0.1) is 6.92 Å². The second-order valence-corrected chi connectivity index (χ2v) is 6.08. The van der Waals surface area contributed by atoms with E-state index < -0.39 is 0 Å². The van der Waals surface area contributed by atoms with Crippen LogP contribution in [0.25, 0.3) is 5.65 Å². The van der Waals surface area contributed by atoms with Gasteiger partial charge in [-0.25, -0.2) is 9.97 Å². The van der Waals surface area contributed by atoms with Gasteiger partial charge in [-0.3, -0.25) is 0 Å². The Labute approximate surface area is 137 Å². The molecule has 120 valence electrons. The first-order valence-corrected chi connectivity index (χ1v) is 7.84. The molecule has 3 heterocycles. The summed E-state index contributed by atoms with van der Waals surface area (Å²) in [6.07, 6.45) is 5.94. The number of fused-ring (bicyclic) bond motifs is 1. The molecule has 0 aliphatic carbocycles. The van der Waals surface area contributed by atoms with Crippen molar-refractivity contribution in [1.29, 1.82) is 0 Å². The number of nitrogens with zero attached hydrogens (tertiary/aromatic N) is 4. The molecule has 0 spiro atoms. The lowest BCUT2D eigenvalue weighted by atomic mass is 10.1. The molecule has 0 radical (unpaired) electrons.